The third kappa shape index (κ3) is 2.22. The van der Waals surface area contributed by atoms with E-state index < -0.39 is 0 Å². The highest BCUT2D eigenvalue weighted by Crippen LogP contribution is 2.68. The summed E-state index contributed by atoms with van der Waals surface area (Å²) in [5, 5.41) is 0. The van der Waals surface area contributed by atoms with Gasteiger partial charge in [0.05, 0.1) is 13.2 Å². The molecule has 0 aromatic rings. The quantitative estimate of drug-likeness (QED) is 0.579. The molecule has 140 valence electrons. The number of rotatable bonds is 1. The molecule has 1 aliphatic heterocycles. The van der Waals surface area contributed by atoms with E-state index in [1.54, 1.807) is 0 Å². The van der Waals surface area contributed by atoms with Gasteiger partial charge in [0.25, 0.3) is 0 Å². The molecule has 3 saturated carbocycles. The van der Waals surface area contributed by atoms with Crippen molar-refractivity contribution in [3.8, 4) is 0 Å². The van der Waals surface area contributed by atoms with Crippen LogP contribution in [0.4, 0.5) is 0 Å². The standard InChI is InChI=1S/C23H36O2/c1-21-12-5-4-6-16(21)7-8-17-18-9-10-20(23(3)24-14-15-25-23)22(18,2)13-11-19(17)21/h5,12,16-20H,4,6-11,13-15H2,1-3H3/t16-,17+,18+,19+,20+,21+,22+/m1/s1. The van der Waals surface area contributed by atoms with Crippen molar-refractivity contribution in [2.45, 2.75) is 77.9 Å². The first kappa shape index (κ1) is 16.8. The SMILES string of the molecule is CC1([C@H]2CC[C@H]3[C@@H]4CC[C@H]5CCC=C[C@]5(C)[C@H]4CC[C@]23C)OCCO1. The zero-order chi connectivity index (χ0) is 17.3. The van der Waals surface area contributed by atoms with E-state index in [-0.39, 0.29) is 5.79 Å². The van der Waals surface area contributed by atoms with Gasteiger partial charge >= 0.3 is 0 Å². The van der Waals surface area contributed by atoms with Crippen LogP contribution in [-0.4, -0.2) is 19.0 Å². The predicted molar refractivity (Wildman–Crippen MR) is 100 cm³/mol. The molecule has 0 aromatic carbocycles. The zero-order valence-electron chi connectivity index (χ0n) is 16.4. The molecule has 2 nitrogen and oxygen atoms in total. The monoisotopic (exact) mass is 344 g/mol. The second-order valence-corrected chi connectivity index (χ2v) is 10.4. The first-order valence-corrected chi connectivity index (χ1v) is 10.9. The maximum absolute atomic E-state index is 6.15. The Bertz CT molecular complexity index is 562. The van der Waals surface area contributed by atoms with Crippen molar-refractivity contribution in [1.29, 1.82) is 0 Å². The van der Waals surface area contributed by atoms with Crippen LogP contribution in [0.25, 0.3) is 0 Å². The number of ether oxygens (including phenoxy) is 2. The smallest absolute Gasteiger partial charge is 0.169 e. The van der Waals surface area contributed by atoms with Gasteiger partial charge < -0.3 is 9.47 Å². The van der Waals surface area contributed by atoms with E-state index in [1.807, 2.05) is 0 Å². The molecule has 0 unspecified atom stereocenters. The van der Waals surface area contributed by atoms with Gasteiger partial charge in [0.15, 0.2) is 5.79 Å². The van der Waals surface area contributed by atoms with Crippen molar-refractivity contribution in [2.75, 3.05) is 13.2 Å². The van der Waals surface area contributed by atoms with Crippen LogP contribution in [-0.2, 0) is 9.47 Å². The first-order valence-electron chi connectivity index (χ1n) is 10.9. The topological polar surface area (TPSA) is 18.5 Å². The van der Waals surface area contributed by atoms with Gasteiger partial charge in [-0.25, -0.2) is 0 Å². The molecule has 0 spiro atoms. The predicted octanol–water partition coefficient (Wildman–Crippen LogP) is 5.57. The fraction of sp³-hybridized carbons (Fsp3) is 0.913. The van der Waals surface area contributed by atoms with Gasteiger partial charge in [-0.15, -0.1) is 0 Å². The molecule has 4 aliphatic carbocycles. The minimum Gasteiger partial charge on any atom is -0.348 e. The molecule has 5 aliphatic rings. The van der Waals surface area contributed by atoms with E-state index in [9.17, 15) is 0 Å². The van der Waals surface area contributed by atoms with Crippen LogP contribution in [0, 0.1) is 40.4 Å². The van der Waals surface area contributed by atoms with Crippen LogP contribution < -0.4 is 0 Å². The molecular weight excluding hydrogens is 308 g/mol. The number of allylic oxidation sites excluding steroid dienone is 2. The van der Waals surface area contributed by atoms with E-state index in [4.69, 9.17) is 9.47 Å². The van der Waals surface area contributed by atoms with Crippen LogP contribution in [0.2, 0.25) is 0 Å². The molecule has 25 heavy (non-hydrogen) atoms. The Labute approximate surface area is 153 Å². The van der Waals surface area contributed by atoms with Gasteiger partial charge in [0.1, 0.15) is 0 Å². The summed E-state index contributed by atoms with van der Waals surface area (Å²) in [6.45, 7) is 8.98. The Kier molecular flexibility index (Phi) is 3.75. The van der Waals surface area contributed by atoms with Gasteiger partial charge in [-0.05, 0) is 92.8 Å². The molecule has 0 N–H and O–H groups in total. The van der Waals surface area contributed by atoms with Crippen molar-refractivity contribution in [3.05, 3.63) is 12.2 Å². The summed E-state index contributed by atoms with van der Waals surface area (Å²) >= 11 is 0. The summed E-state index contributed by atoms with van der Waals surface area (Å²) < 4.78 is 12.3. The Morgan fingerprint density at radius 2 is 1.64 bits per heavy atom. The molecule has 0 radical (unpaired) electrons. The fourth-order valence-electron chi connectivity index (χ4n) is 8.41. The lowest BCUT2D eigenvalue weighted by Gasteiger charge is -2.59. The third-order valence-electron chi connectivity index (χ3n) is 9.62. The molecular formula is C23H36O2. The van der Waals surface area contributed by atoms with E-state index in [1.165, 1.54) is 51.4 Å². The third-order valence-corrected chi connectivity index (χ3v) is 9.62. The summed E-state index contributed by atoms with van der Waals surface area (Å²) in [7, 11) is 0. The number of hydrogen-bond acceptors (Lipinski definition) is 2. The highest BCUT2D eigenvalue weighted by molar-refractivity contribution is 5.16. The Morgan fingerprint density at radius 3 is 2.44 bits per heavy atom. The maximum Gasteiger partial charge on any atom is 0.169 e. The average molecular weight is 345 g/mol. The molecule has 2 heteroatoms. The van der Waals surface area contributed by atoms with Crippen LogP contribution >= 0.6 is 0 Å². The second kappa shape index (κ2) is 5.58. The van der Waals surface area contributed by atoms with E-state index >= 15 is 0 Å². The minimum absolute atomic E-state index is 0.317. The molecule has 1 heterocycles. The summed E-state index contributed by atoms with van der Waals surface area (Å²) in [4.78, 5) is 0. The van der Waals surface area contributed by atoms with Gasteiger partial charge in [-0.3, -0.25) is 0 Å². The van der Waals surface area contributed by atoms with Crippen molar-refractivity contribution in [1.82, 2.24) is 0 Å². The summed E-state index contributed by atoms with van der Waals surface area (Å²) in [5.74, 6) is 3.94. The van der Waals surface area contributed by atoms with Crippen LogP contribution in [0.5, 0.6) is 0 Å². The highest BCUT2D eigenvalue weighted by Gasteiger charge is 2.63. The summed E-state index contributed by atoms with van der Waals surface area (Å²) in [6.07, 6.45) is 16.3. The van der Waals surface area contributed by atoms with E-state index in [0.29, 0.717) is 16.7 Å². The molecule has 7 atom stereocenters. The summed E-state index contributed by atoms with van der Waals surface area (Å²) in [5.41, 5.74) is 0.896. The lowest BCUT2D eigenvalue weighted by molar-refractivity contribution is -0.216. The lowest BCUT2D eigenvalue weighted by atomic mass is 9.46. The second-order valence-electron chi connectivity index (χ2n) is 10.4. The van der Waals surface area contributed by atoms with Gasteiger partial charge in [-0.1, -0.05) is 26.0 Å². The largest absolute Gasteiger partial charge is 0.348 e. The first-order chi connectivity index (χ1) is 12.0. The van der Waals surface area contributed by atoms with E-state index in [2.05, 4.69) is 32.9 Å². The maximum atomic E-state index is 6.15. The highest BCUT2D eigenvalue weighted by atomic mass is 16.7. The molecule has 1 saturated heterocycles. The molecule has 0 bridgehead atoms. The summed E-state index contributed by atoms with van der Waals surface area (Å²) in [6, 6.07) is 0. The van der Waals surface area contributed by atoms with Crippen LogP contribution in [0.15, 0.2) is 12.2 Å². The number of hydrogen-bond donors (Lipinski definition) is 0. The van der Waals surface area contributed by atoms with E-state index in [0.717, 1.165) is 36.9 Å². The number of fused-ring (bicyclic) bond motifs is 5. The van der Waals surface area contributed by atoms with Crippen molar-refractivity contribution < 1.29 is 9.47 Å². The van der Waals surface area contributed by atoms with Crippen LogP contribution in [0.1, 0.15) is 72.1 Å². The van der Waals surface area contributed by atoms with Crippen molar-refractivity contribution >= 4 is 0 Å². The minimum atomic E-state index is -0.317. The Balaban J connectivity index is 1.45. The fourth-order valence-corrected chi connectivity index (χ4v) is 8.41. The van der Waals surface area contributed by atoms with Gasteiger partial charge in [-0.2, -0.15) is 0 Å². The van der Waals surface area contributed by atoms with Gasteiger partial charge in [0, 0.05) is 5.92 Å². The molecule has 0 aromatic heterocycles. The lowest BCUT2D eigenvalue weighted by Crippen LogP contribution is -2.54. The molecule has 4 fully saturated rings. The molecule has 5 rings (SSSR count). The van der Waals surface area contributed by atoms with Crippen LogP contribution in [0.3, 0.4) is 0 Å². The van der Waals surface area contributed by atoms with Gasteiger partial charge in [0.2, 0.25) is 0 Å². The van der Waals surface area contributed by atoms with Crippen molar-refractivity contribution in [3.63, 3.8) is 0 Å². The Morgan fingerprint density at radius 1 is 0.840 bits per heavy atom. The Hall–Kier alpha value is -0.340. The normalized spacial score (nSPS) is 54.0. The zero-order valence-corrected chi connectivity index (χ0v) is 16.4. The molecule has 0 amide bonds. The van der Waals surface area contributed by atoms with Crippen molar-refractivity contribution in [2.24, 2.45) is 40.4 Å². The average Bonchev–Trinajstić information content (AvgIpc) is 3.18.